The zero-order chi connectivity index (χ0) is 35.0. The average Bonchev–Trinajstić information content (AvgIpc) is 2.76. The summed E-state index contributed by atoms with van der Waals surface area (Å²) in [5.41, 5.74) is 0. The third-order valence-corrected chi connectivity index (χ3v) is 5.30. The van der Waals surface area contributed by atoms with E-state index in [1.165, 1.54) is 0 Å². The molecule has 26 heteroatoms. The van der Waals surface area contributed by atoms with Crippen molar-refractivity contribution in [2.24, 2.45) is 0 Å². The molecule has 0 aromatic heterocycles. The molecule has 0 aliphatic rings. The van der Waals surface area contributed by atoms with Gasteiger partial charge in [-0.1, -0.05) is 13.3 Å². The molecule has 0 spiro atoms. The molecule has 0 heterocycles. The second-order valence-electron chi connectivity index (χ2n) is 8.21. The summed E-state index contributed by atoms with van der Waals surface area (Å²) in [6.45, 7) is 0.606. The smallest absolute Gasteiger partial charge is 0.335 e. The minimum Gasteiger partial charge on any atom is -0.335 e. The summed E-state index contributed by atoms with van der Waals surface area (Å²) in [6.07, 6.45) is -7.82. The van der Waals surface area contributed by atoms with E-state index in [1.54, 1.807) is 0 Å². The van der Waals surface area contributed by atoms with Gasteiger partial charge in [0.05, 0.1) is 0 Å². The third kappa shape index (κ3) is 4.70. The second-order valence-corrected chi connectivity index (χ2v) is 8.21. The first-order chi connectivity index (χ1) is 17.7. The predicted molar refractivity (Wildman–Crippen MR) is 82.5 cm³/mol. The Morgan fingerprint density at radius 3 is 0.762 bits per heavy atom. The Kier molecular flexibility index (Phi) is 9.71. The molecule has 0 aliphatic heterocycles. The number of alkyl halides is 24. The Balaban J connectivity index is 7.34. The van der Waals surface area contributed by atoms with Crippen molar-refractivity contribution >= 4 is 0 Å². The van der Waals surface area contributed by atoms with Crippen molar-refractivity contribution in [2.45, 2.75) is 97.1 Å². The van der Waals surface area contributed by atoms with Crippen LogP contribution in [0.1, 0.15) is 19.8 Å². The van der Waals surface area contributed by atoms with Gasteiger partial charge in [0, 0.05) is 0 Å². The number of hydrogen-bond acceptors (Lipinski definition) is 2. The summed E-state index contributed by atoms with van der Waals surface area (Å²) in [4.78, 5) is 0. The highest BCUT2D eigenvalue weighted by Crippen LogP contribution is 2.67. The number of halogens is 24. The second kappa shape index (κ2) is 10.1. The fourth-order valence-electron chi connectivity index (χ4n) is 2.62. The third-order valence-electron chi connectivity index (χ3n) is 5.30. The summed E-state index contributed by atoms with van der Waals surface area (Å²) in [5, 5.41) is 15.4. The first-order valence-electron chi connectivity index (χ1n) is 9.67. The van der Waals surface area contributed by atoms with Gasteiger partial charge in [0.15, 0.2) is 6.17 Å². The Morgan fingerprint density at radius 1 is 0.381 bits per heavy atom. The SMILES string of the molecule is CCCC(F)C(F)(F)C(F)(F)C(F)(F)C(F)(F)C(F)(F)C(F)(F)C(F)(F)C(F)(F)C(F)(F)C(F)(F)C(F)(F)C(O)(O)F. The summed E-state index contributed by atoms with van der Waals surface area (Å²) < 4.78 is 323. The molecule has 1 atom stereocenters. The highest BCUT2D eigenvalue weighted by atomic mass is 19.4. The Labute approximate surface area is 214 Å². The number of hydrogen-bond donors (Lipinski definition) is 2. The van der Waals surface area contributed by atoms with E-state index in [-0.39, 0.29) is 0 Å². The average molecular weight is 690 g/mol. The van der Waals surface area contributed by atoms with E-state index >= 15 is 0 Å². The van der Waals surface area contributed by atoms with Crippen LogP contribution >= 0.6 is 0 Å². The van der Waals surface area contributed by atoms with Crippen LogP contribution in [0.15, 0.2) is 0 Å². The lowest BCUT2D eigenvalue weighted by atomic mass is 9.84. The number of rotatable bonds is 14. The molecule has 2 nitrogen and oxygen atoms in total. The fraction of sp³-hybridized carbons (Fsp3) is 1.00. The van der Waals surface area contributed by atoms with E-state index in [4.69, 9.17) is 10.2 Å². The van der Waals surface area contributed by atoms with Crippen LogP contribution in [-0.2, 0) is 0 Å². The molecule has 0 saturated heterocycles. The van der Waals surface area contributed by atoms with E-state index in [0.717, 1.165) is 0 Å². The fourth-order valence-corrected chi connectivity index (χ4v) is 2.62. The van der Waals surface area contributed by atoms with E-state index < -0.39 is 90.2 Å². The first kappa shape index (κ1) is 40.2. The predicted octanol–water partition coefficient (Wildman–Crippen LogP) is 7.72. The minimum absolute atomic E-state index is 0.606. The van der Waals surface area contributed by atoms with Crippen LogP contribution in [-0.4, -0.2) is 87.6 Å². The molecule has 0 radical (unpaired) electrons. The van der Waals surface area contributed by atoms with Crippen molar-refractivity contribution in [3.63, 3.8) is 0 Å². The van der Waals surface area contributed by atoms with Crippen molar-refractivity contribution in [3.8, 4) is 0 Å². The quantitative estimate of drug-likeness (QED) is 0.145. The van der Waals surface area contributed by atoms with E-state index in [0.29, 0.717) is 6.92 Å². The van der Waals surface area contributed by atoms with Crippen LogP contribution in [0, 0.1) is 0 Å². The van der Waals surface area contributed by atoms with Gasteiger partial charge in [-0.05, 0) is 6.42 Å². The maximum absolute atomic E-state index is 13.7. The van der Waals surface area contributed by atoms with Gasteiger partial charge >= 0.3 is 71.2 Å². The normalized spacial score (nSPS) is 17.5. The lowest BCUT2D eigenvalue weighted by Gasteiger charge is -2.46. The van der Waals surface area contributed by atoms with Crippen molar-refractivity contribution in [1.29, 1.82) is 0 Å². The van der Waals surface area contributed by atoms with Crippen molar-refractivity contribution in [3.05, 3.63) is 0 Å². The maximum atomic E-state index is 13.7. The van der Waals surface area contributed by atoms with Crippen LogP contribution < -0.4 is 0 Å². The monoisotopic (exact) mass is 690 g/mol. The molecule has 1 unspecified atom stereocenters. The molecule has 0 fully saturated rings. The molecule has 42 heavy (non-hydrogen) atoms. The highest BCUT2D eigenvalue weighted by molar-refractivity contribution is 5.20. The van der Waals surface area contributed by atoms with Gasteiger partial charge in [-0.25, -0.2) is 4.39 Å². The van der Waals surface area contributed by atoms with Gasteiger partial charge in [0.25, 0.3) is 0 Å². The van der Waals surface area contributed by atoms with Gasteiger partial charge in [-0.2, -0.15) is 101 Å². The van der Waals surface area contributed by atoms with Crippen LogP contribution in [0.25, 0.3) is 0 Å². The summed E-state index contributed by atoms with van der Waals surface area (Å²) in [7, 11) is 0. The Hall–Kier alpha value is -1.76. The van der Waals surface area contributed by atoms with Gasteiger partial charge in [0.1, 0.15) is 0 Å². The van der Waals surface area contributed by atoms with Crippen LogP contribution in [0.5, 0.6) is 0 Å². The zero-order valence-electron chi connectivity index (χ0n) is 19.0. The molecule has 2 N–H and O–H groups in total. The molecule has 0 aliphatic carbocycles. The summed E-state index contributed by atoms with van der Waals surface area (Å²) in [5.74, 6) is -98.3. The van der Waals surface area contributed by atoms with Gasteiger partial charge in [-0.3, -0.25) is 0 Å². The molecule has 0 rings (SSSR count). The lowest BCUT2D eigenvalue weighted by Crippen LogP contribution is -2.78. The summed E-state index contributed by atoms with van der Waals surface area (Å²) in [6, 6.07) is -7.18. The lowest BCUT2D eigenvalue weighted by molar-refractivity contribution is -0.491. The van der Waals surface area contributed by atoms with E-state index in [9.17, 15) is 105 Å². The van der Waals surface area contributed by atoms with E-state index in [2.05, 4.69) is 0 Å². The van der Waals surface area contributed by atoms with Crippen LogP contribution in [0.3, 0.4) is 0 Å². The minimum atomic E-state index is -9.57. The molecule has 254 valence electrons. The molecule has 0 saturated carbocycles. The maximum Gasteiger partial charge on any atom is 0.400 e. The van der Waals surface area contributed by atoms with E-state index in [1.807, 2.05) is 0 Å². The Bertz CT molecular complexity index is 962. The first-order valence-corrected chi connectivity index (χ1v) is 9.67. The zero-order valence-corrected chi connectivity index (χ0v) is 19.0. The summed E-state index contributed by atoms with van der Waals surface area (Å²) >= 11 is 0. The molecule has 0 amide bonds. The van der Waals surface area contributed by atoms with Crippen molar-refractivity contribution in [1.82, 2.24) is 0 Å². The largest absolute Gasteiger partial charge is 0.400 e. The topological polar surface area (TPSA) is 40.5 Å². The number of aliphatic hydroxyl groups is 2. The molecular weight excluding hydrogens is 680 g/mol. The van der Waals surface area contributed by atoms with Gasteiger partial charge < -0.3 is 10.2 Å². The van der Waals surface area contributed by atoms with Crippen molar-refractivity contribution < 1.29 is 116 Å². The van der Waals surface area contributed by atoms with Gasteiger partial charge in [0.2, 0.25) is 0 Å². The molecule has 0 aromatic carbocycles. The van der Waals surface area contributed by atoms with Crippen LogP contribution in [0.4, 0.5) is 105 Å². The standard InChI is InChI=1S/C16H10F24O2/c1-2-3-4(17)5(18,19)6(20,21)7(22,23)8(24,25)9(26,27)10(28,29)11(30,31)12(32,33)13(34,35)14(36,37)15(38,39)16(40,41)42/h4,41-42H,2-3H2,1H3. The highest BCUT2D eigenvalue weighted by Gasteiger charge is 2.99. The molecule has 0 aromatic rings. The van der Waals surface area contributed by atoms with Crippen molar-refractivity contribution in [2.75, 3.05) is 0 Å². The van der Waals surface area contributed by atoms with Crippen LogP contribution in [0.2, 0.25) is 0 Å². The van der Waals surface area contributed by atoms with Gasteiger partial charge in [-0.15, -0.1) is 0 Å². The Morgan fingerprint density at radius 2 is 0.571 bits per heavy atom. The molecule has 0 bridgehead atoms. The molecular formula is C16H10F24O2.